The summed E-state index contributed by atoms with van der Waals surface area (Å²) in [5.74, 6) is -4.92. The molecule has 0 aromatic carbocycles. The molecule has 5 rings (SSSR count). The van der Waals surface area contributed by atoms with Gasteiger partial charge in [-0.15, -0.1) is 0 Å². The number of aromatic amines is 1. The van der Waals surface area contributed by atoms with Crippen molar-refractivity contribution in [2.75, 3.05) is 48.5 Å². The van der Waals surface area contributed by atoms with Crippen LogP contribution in [0.25, 0.3) is 0 Å². The Morgan fingerprint density at radius 3 is 1.91 bits per heavy atom. The molecule has 4 aliphatic heterocycles. The molecule has 0 bridgehead atoms. The summed E-state index contributed by atoms with van der Waals surface area (Å²) in [4.78, 5) is 97.6. The number of nitrogens with zero attached hydrogens (tertiary/aromatic N) is 3. The van der Waals surface area contributed by atoms with Crippen molar-refractivity contribution in [2.24, 2.45) is 17.6 Å². The van der Waals surface area contributed by atoms with E-state index in [1.807, 2.05) is 4.98 Å². The van der Waals surface area contributed by atoms with Crippen LogP contribution in [0.3, 0.4) is 0 Å². The van der Waals surface area contributed by atoms with E-state index in [-0.39, 0.29) is 25.8 Å². The Morgan fingerprint density at radius 2 is 1.34 bits per heavy atom. The predicted octanol–water partition coefficient (Wildman–Crippen LogP) is -0.308. The number of likely N-dealkylation sites (N-methyl/N-ethyl adjacent to an activating group) is 2. The third kappa shape index (κ3) is 17.3. The van der Waals surface area contributed by atoms with Crippen molar-refractivity contribution in [1.82, 2.24) is 19.4 Å². The molecular weight excluding hydrogens is 1060 g/mol. The molecule has 4 aliphatic rings. The molecule has 0 spiro atoms. The maximum atomic E-state index is 14.7. The van der Waals surface area contributed by atoms with Crippen LogP contribution in [0.4, 0.5) is 0 Å². The third-order valence-corrected chi connectivity index (χ3v) is 15.3. The van der Waals surface area contributed by atoms with E-state index < -0.39 is 170 Å². The van der Waals surface area contributed by atoms with Crippen LogP contribution in [0.5, 0.6) is 0 Å². The second kappa shape index (κ2) is 31.2. The number of rotatable bonds is 30. The van der Waals surface area contributed by atoms with Gasteiger partial charge in [-0.1, -0.05) is 72.1 Å². The molecule has 456 valence electrons. The number of aromatic nitrogens is 2. The maximum Gasteiger partial charge on any atom is 0.330 e. The number of hydrogen-bond acceptors (Lipinski definition) is 23. The van der Waals surface area contributed by atoms with Crippen LogP contribution in [0.2, 0.25) is 0 Å². The highest BCUT2D eigenvalue weighted by atomic mass is 16.7. The smallest absolute Gasteiger partial charge is 0.330 e. The van der Waals surface area contributed by atoms with Gasteiger partial charge >= 0.3 is 29.6 Å². The van der Waals surface area contributed by atoms with Crippen molar-refractivity contribution < 1.29 is 96.9 Å². The summed E-state index contributed by atoms with van der Waals surface area (Å²) in [5, 5.41) is 55.2. The SMILES string of the molecule is CO[C@@H]1[C@@H](OC)[C@H](C)O[C@@H](OC(=O)C[C@@H](C)CC(=O)O[C@@H](CCCCCCCCCCC(C)C)CC(=O)O[C@H]2CN(C)[C@@H]([C@H](O[C@@H]3O[C@H](CN)[C@@H](O)[C@H]3O)[C@H]3O[C@@H](n4ccc(=O)[nH]c4=O)[C@H](O)[C@@H]3O)C(=O)N(C)[C@@H]2C(=O)O)[C@@H]1OC. The van der Waals surface area contributed by atoms with E-state index in [4.69, 9.17) is 53.1 Å². The summed E-state index contributed by atoms with van der Waals surface area (Å²) in [6.07, 6.45) is -12.6. The Balaban J connectivity index is 1.32. The lowest BCUT2D eigenvalue weighted by molar-refractivity contribution is -0.297. The molecule has 1 aromatic rings. The van der Waals surface area contributed by atoms with Gasteiger partial charge in [-0.3, -0.25) is 38.4 Å². The number of nitrogens with two attached hydrogens (primary N) is 1. The van der Waals surface area contributed by atoms with Gasteiger partial charge in [0.1, 0.15) is 79.3 Å². The molecule has 1 aromatic heterocycles. The average Bonchev–Trinajstić information content (AvgIpc) is 3.91. The molecule has 0 aliphatic carbocycles. The molecule has 27 nitrogen and oxygen atoms in total. The van der Waals surface area contributed by atoms with Crippen LogP contribution in [-0.4, -0.2) is 227 Å². The maximum absolute atomic E-state index is 14.7. The van der Waals surface area contributed by atoms with E-state index in [1.165, 1.54) is 46.1 Å². The number of carbonyl (C=O) groups excluding carboxylic acids is 4. The standard InChI is InChI=1S/C53H87N5O22/c1-27(2)18-16-14-12-10-11-13-15-17-19-30(75-34(60)22-28(3)23-35(61)78-52-47(73-9)46(72-8)43(71-7)29(4)74-52)24-36(62)76-32-26-56(5)38(48(67)57(6)37(32)50(68)69)44(80-51-42(66)39(63)31(25-54)77-51)45-40(64)41(65)49(79-45)58-21-20-33(59)55-53(58)70/h20-21,27-32,37-47,49,51-52,63-66H,10-19,22-26,54H2,1-9H3,(H,68,69)(H,55,59,70)/t28-,29-,30-,31+,32-,37-,38-,39+,40-,41+,42+,43-,44-,45-,46+,47+,49+,51-,52-/m0/s1. The number of H-pyrrole nitrogens is 1. The van der Waals surface area contributed by atoms with Gasteiger partial charge < -0.3 is 83.5 Å². The van der Waals surface area contributed by atoms with Crippen LogP contribution in [-0.2, 0) is 71.3 Å². The minimum Gasteiger partial charge on any atom is -0.480 e. The van der Waals surface area contributed by atoms with E-state index in [1.54, 1.807) is 13.8 Å². The van der Waals surface area contributed by atoms with Gasteiger partial charge in [-0.05, 0) is 38.6 Å². The number of unbranched alkanes of at least 4 members (excludes halogenated alkanes) is 7. The number of methoxy groups -OCH3 is 3. The average molecular weight is 1150 g/mol. The number of carbonyl (C=O) groups is 5. The molecule has 19 atom stereocenters. The molecule has 8 N–H and O–H groups in total. The highest BCUT2D eigenvalue weighted by Gasteiger charge is 2.57. The Kier molecular flexibility index (Phi) is 25.9. The number of hydrogen-bond donors (Lipinski definition) is 7. The number of carboxylic acid groups (broad SMARTS) is 1. The summed E-state index contributed by atoms with van der Waals surface area (Å²) in [6.45, 7) is 7.01. The highest BCUT2D eigenvalue weighted by Crippen LogP contribution is 2.37. The lowest BCUT2D eigenvalue weighted by atomic mass is 9.97. The molecular formula is C53H87N5O22. The zero-order valence-electron chi connectivity index (χ0n) is 47.4. The molecule has 80 heavy (non-hydrogen) atoms. The lowest BCUT2D eigenvalue weighted by Gasteiger charge is -2.43. The summed E-state index contributed by atoms with van der Waals surface area (Å²) in [5.41, 5.74) is 3.95. The fourth-order valence-corrected chi connectivity index (χ4v) is 11.0. The van der Waals surface area contributed by atoms with Crippen molar-refractivity contribution >= 4 is 29.8 Å². The van der Waals surface area contributed by atoms with Gasteiger partial charge in [0.05, 0.1) is 12.5 Å². The van der Waals surface area contributed by atoms with Gasteiger partial charge in [0.2, 0.25) is 12.2 Å². The molecule has 5 heterocycles. The second-order valence-corrected chi connectivity index (χ2v) is 21.9. The molecule has 4 saturated heterocycles. The first-order valence-electron chi connectivity index (χ1n) is 27.7. The molecule has 0 unspecified atom stereocenters. The van der Waals surface area contributed by atoms with Crippen molar-refractivity contribution in [3.63, 3.8) is 0 Å². The molecule has 27 heteroatoms. The second-order valence-electron chi connectivity index (χ2n) is 21.9. The number of nitrogens with one attached hydrogen (secondary N) is 1. The Morgan fingerprint density at radius 1 is 0.738 bits per heavy atom. The Bertz CT molecular complexity index is 2270. The fraction of sp³-hybridized carbons (Fsp3) is 0.830. The predicted molar refractivity (Wildman–Crippen MR) is 279 cm³/mol. The minimum atomic E-state index is -1.97. The number of aliphatic carboxylic acids is 1. The molecule has 1 amide bonds. The first kappa shape index (κ1) is 66.3. The van der Waals surface area contributed by atoms with Crippen LogP contribution in [0.15, 0.2) is 21.9 Å². The van der Waals surface area contributed by atoms with Crippen molar-refractivity contribution in [3.8, 4) is 0 Å². The van der Waals surface area contributed by atoms with Crippen LogP contribution in [0, 0.1) is 11.8 Å². The number of ether oxygens (including phenoxy) is 10. The molecule has 0 saturated carbocycles. The Hall–Kier alpha value is -4.49. The summed E-state index contributed by atoms with van der Waals surface area (Å²) in [7, 11) is 6.88. The first-order valence-corrected chi connectivity index (χ1v) is 27.7. The van der Waals surface area contributed by atoms with E-state index in [9.17, 15) is 59.1 Å². The van der Waals surface area contributed by atoms with Crippen LogP contribution in [0.1, 0.15) is 117 Å². The summed E-state index contributed by atoms with van der Waals surface area (Å²) < 4.78 is 58.8. The summed E-state index contributed by atoms with van der Waals surface area (Å²) in [6, 6.07) is -2.60. The molecule has 4 fully saturated rings. The fourth-order valence-electron chi connectivity index (χ4n) is 11.0. The topological polar surface area (TPSA) is 366 Å². The van der Waals surface area contributed by atoms with Crippen LogP contribution >= 0.6 is 0 Å². The van der Waals surface area contributed by atoms with Gasteiger partial charge in [0.25, 0.3) is 5.56 Å². The van der Waals surface area contributed by atoms with Crippen molar-refractivity contribution in [2.45, 2.75) is 221 Å². The van der Waals surface area contributed by atoms with Crippen molar-refractivity contribution in [3.05, 3.63) is 33.1 Å². The Labute approximate surface area is 465 Å². The lowest BCUT2D eigenvalue weighted by Crippen LogP contribution is -2.59. The van der Waals surface area contributed by atoms with Gasteiger partial charge in [-0.25, -0.2) is 9.59 Å². The monoisotopic (exact) mass is 1150 g/mol. The number of aliphatic hydroxyl groups excluding tert-OH is 4. The third-order valence-electron chi connectivity index (χ3n) is 15.3. The molecule has 0 radical (unpaired) electrons. The highest BCUT2D eigenvalue weighted by molar-refractivity contribution is 5.88. The quantitative estimate of drug-likeness (QED) is 0.0295. The number of carboxylic acids is 1. The van der Waals surface area contributed by atoms with Crippen molar-refractivity contribution in [1.29, 1.82) is 0 Å². The van der Waals surface area contributed by atoms with E-state index in [0.717, 1.165) is 67.3 Å². The minimum absolute atomic E-state index is 0.216. The van der Waals surface area contributed by atoms with E-state index in [2.05, 4.69) is 13.8 Å². The van der Waals surface area contributed by atoms with Gasteiger partial charge in [0, 0.05) is 66.6 Å². The zero-order chi connectivity index (χ0) is 59.1. The zero-order valence-corrected chi connectivity index (χ0v) is 47.4. The normalized spacial score (nSPS) is 32.3. The van der Waals surface area contributed by atoms with Gasteiger partial charge in [-0.2, -0.15) is 0 Å². The largest absolute Gasteiger partial charge is 0.480 e. The number of aliphatic hydroxyl groups is 4. The van der Waals surface area contributed by atoms with E-state index in [0.29, 0.717) is 12.3 Å². The number of esters is 3. The van der Waals surface area contributed by atoms with Crippen LogP contribution < -0.4 is 17.0 Å². The first-order chi connectivity index (χ1) is 38.0. The van der Waals surface area contributed by atoms with Gasteiger partial charge in [0.15, 0.2) is 18.6 Å². The van der Waals surface area contributed by atoms with E-state index >= 15 is 0 Å². The number of amides is 1. The summed E-state index contributed by atoms with van der Waals surface area (Å²) >= 11 is 0.